The molecule has 1 N–H and O–H groups in total. The first kappa shape index (κ1) is 20.5. The number of unbranched alkanes of at least 4 members (excludes halogenated alkanes) is 2. The lowest BCUT2D eigenvalue weighted by atomic mass is 10.1. The maximum Gasteiger partial charge on any atom is 0.218 e. The van der Waals surface area contributed by atoms with E-state index >= 15 is 0 Å². The molecule has 4 rings (SSSR count). The Labute approximate surface area is 163 Å². The normalized spacial score (nSPS) is 12.1. The minimum absolute atomic E-state index is 0.129. The smallest absolute Gasteiger partial charge is 0.218 e. The molecule has 2 aliphatic heterocycles. The Morgan fingerprint density at radius 1 is 1.23 bits per heavy atom. The molecule has 2 aliphatic rings. The summed E-state index contributed by atoms with van der Waals surface area (Å²) in [6.07, 6.45) is 3.62. The Hall–Kier alpha value is -1.79. The number of nitrogens with one attached hydrogen (secondary N) is 1. The molecule has 0 radical (unpaired) electrons. The van der Waals surface area contributed by atoms with E-state index in [1.54, 1.807) is 11.3 Å². The van der Waals surface area contributed by atoms with Crippen LogP contribution in [0.4, 0.5) is 0 Å². The zero-order valence-electron chi connectivity index (χ0n) is 15.2. The van der Waals surface area contributed by atoms with Crippen molar-refractivity contribution in [2.24, 2.45) is 0 Å². The topological polar surface area (TPSA) is 55.4 Å². The molecule has 2 aromatic rings. The number of Topliss-reactive ketones (excluding diaryl/α,β-unsaturated/α-hetero) is 1. The number of ketones is 1. The molecular weight excluding hydrogens is 366 g/mol. The Morgan fingerprint density at radius 3 is 2.42 bits per heavy atom. The molecule has 0 saturated carbocycles. The second-order valence-corrected chi connectivity index (χ2v) is 7.90. The molecule has 1 amide bonds. The van der Waals surface area contributed by atoms with Crippen LogP contribution in [0.15, 0.2) is 41.1 Å². The minimum atomic E-state index is -0.408. The van der Waals surface area contributed by atoms with Gasteiger partial charge >= 0.3 is 0 Å². The van der Waals surface area contributed by atoms with Gasteiger partial charge in [-0.3, -0.25) is 9.59 Å². The van der Waals surface area contributed by atoms with Crippen LogP contribution in [-0.4, -0.2) is 17.1 Å². The lowest BCUT2D eigenvalue weighted by Crippen LogP contribution is -2.37. The maximum atomic E-state index is 12.1. The summed E-state index contributed by atoms with van der Waals surface area (Å²) < 4.78 is 5.01. The average Bonchev–Trinajstić information content (AvgIpc) is 3.12. The van der Waals surface area contributed by atoms with Gasteiger partial charge in [0.2, 0.25) is 5.91 Å². The third kappa shape index (κ3) is 7.22. The number of fused-ring (bicyclic) bond motifs is 2. The largest absolute Gasteiger partial charge is 0.457 e. The van der Waals surface area contributed by atoms with Crippen LogP contribution in [-0.2, 0) is 15.3 Å². The van der Waals surface area contributed by atoms with Gasteiger partial charge in [-0.05, 0) is 40.9 Å². The molecule has 26 heavy (non-hydrogen) atoms. The number of carbonyl (C=O) groups excluding carboxylic acids is 2. The van der Waals surface area contributed by atoms with Crippen LogP contribution in [0, 0.1) is 0 Å². The van der Waals surface area contributed by atoms with Crippen LogP contribution in [0.1, 0.15) is 45.1 Å². The average molecular weight is 392 g/mol. The second-order valence-electron chi connectivity index (χ2n) is 6.02. The number of hydrogen-bond acceptors (Lipinski definition) is 5. The van der Waals surface area contributed by atoms with Crippen molar-refractivity contribution in [3.8, 4) is 11.5 Å². The lowest BCUT2D eigenvalue weighted by molar-refractivity contribution is -0.124. The standard InChI is InChI=1S/C14H21NO2S2.C6H4O/c1-3-4-5-6-13(17)14(15-11(2)16)19-10-12-7-8-18-9-12;1-2-5-4-6(3-1)7-5/h7-9,14H,3-6,10H2,1-2H3,(H,15,16);1-4H/t14-;/m0./s1. The molecule has 0 fully saturated rings. The van der Waals surface area contributed by atoms with Crippen molar-refractivity contribution in [3.05, 3.63) is 46.7 Å². The first-order valence-electron chi connectivity index (χ1n) is 8.79. The molecule has 2 bridgehead atoms. The van der Waals surface area contributed by atoms with Crippen LogP contribution >= 0.6 is 23.1 Å². The van der Waals surface area contributed by atoms with E-state index in [0.29, 0.717) is 6.42 Å². The van der Waals surface area contributed by atoms with Crippen molar-refractivity contribution in [3.63, 3.8) is 0 Å². The molecule has 4 nitrogen and oxygen atoms in total. The number of benzene rings is 1. The van der Waals surface area contributed by atoms with Crippen molar-refractivity contribution in [1.82, 2.24) is 5.32 Å². The fourth-order valence-electron chi connectivity index (χ4n) is 2.31. The van der Waals surface area contributed by atoms with Crippen molar-refractivity contribution in [2.75, 3.05) is 0 Å². The number of carbonyl (C=O) groups is 2. The number of thioether (sulfide) groups is 1. The quantitative estimate of drug-likeness (QED) is 0.393. The van der Waals surface area contributed by atoms with Crippen LogP contribution in [0.5, 0.6) is 11.5 Å². The van der Waals surface area contributed by atoms with Gasteiger partial charge in [0.25, 0.3) is 0 Å². The molecular formula is C20H25NO3S2. The SMILES string of the molecule is CCCCCC(=O)[C@@H](NC(C)=O)SCc1ccsc1.c1cc2cc(c1)O2. The van der Waals surface area contributed by atoms with E-state index in [-0.39, 0.29) is 11.7 Å². The highest BCUT2D eigenvalue weighted by Crippen LogP contribution is 2.32. The van der Waals surface area contributed by atoms with Crippen LogP contribution in [0.3, 0.4) is 0 Å². The van der Waals surface area contributed by atoms with E-state index in [4.69, 9.17) is 4.74 Å². The monoisotopic (exact) mass is 391 g/mol. The Morgan fingerprint density at radius 2 is 1.96 bits per heavy atom. The Balaban J connectivity index is 0.000000282. The minimum Gasteiger partial charge on any atom is -0.457 e. The zero-order chi connectivity index (χ0) is 18.8. The number of ether oxygens (including phenoxy) is 1. The van der Waals surface area contributed by atoms with Gasteiger partial charge in [-0.15, -0.1) is 11.8 Å². The Kier molecular flexibility index (Phi) is 8.71. The molecule has 1 aromatic heterocycles. The van der Waals surface area contributed by atoms with Crippen LogP contribution in [0.25, 0.3) is 0 Å². The van der Waals surface area contributed by atoms with Crippen molar-refractivity contribution >= 4 is 34.8 Å². The van der Waals surface area contributed by atoms with Gasteiger partial charge in [0.15, 0.2) is 5.78 Å². The molecule has 6 heteroatoms. The van der Waals surface area contributed by atoms with E-state index < -0.39 is 5.37 Å². The third-order valence-corrected chi connectivity index (χ3v) is 5.64. The third-order valence-electron chi connectivity index (χ3n) is 3.69. The van der Waals surface area contributed by atoms with E-state index in [1.807, 2.05) is 35.7 Å². The lowest BCUT2D eigenvalue weighted by Gasteiger charge is -2.16. The maximum absolute atomic E-state index is 12.1. The van der Waals surface area contributed by atoms with Crippen molar-refractivity contribution in [1.29, 1.82) is 0 Å². The van der Waals surface area contributed by atoms with Gasteiger partial charge in [-0.25, -0.2) is 0 Å². The fraction of sp³-hybridized carbons (Fsp3) is 0.400. The van der Waals surface area contributed by atoms with Gasteiger partial charge in [0.1, 0.15) is 16.9 Å². The molecule has 1 aromatic carbocycles. The summed E-state index contributed by atoms with van der Waals surface area (Å²) in [6, 6.07) is 9.90. The molecule has 0 unspecified atom stereocenters. The van der Waals surface area contributed by atoms with Crippen molar-refractivity contribution in [2.45, 2.75) is 50.7 Å². The van der Waals surface area contributed by atoms with Gasteiger partial charge < -0.3 is 10.1 Å². The molecule has 3 heterocycles. The van der Waals surface area contributed by atoms with E-state index in [2.05, 4.69) is 17.6 Å². The molecule has 0 aliphatic carbocycles. The van der Waals surface area contributed by atoms with E-state index in [9.17, 15) is 9.59 Å². The summed E-state index contributed by atoms with van der Waals surface area (Å²) in [7, 11) is 0. The summed E-state index contributed by atoms with van der Waals surface area (Å²) in [6.45, 7) is 3.57. The van der Waals surface area contributed by atoms with Gasteiger partial charge in [0, 0.05) is 25.2 Å². The number of amides is 1. The highest BCUT2D eigenvalue weighted by atomic mass is 32.2. The predicted molar refractivity (Wildman–Crippen MR) is 109 cm³/mol. The number of hydrogen-bond donors (Lipinski definition) is 1. The van der Waals surface area contributed by atoms with Gasteiger partial charge in [0.05, 0.1) is 0 Å². The van der Waals surface area contributed by atoms with E-state index in [0.717, 1.165) is 36.5 Å². The van der Waals surface area contributed by atoms with Crippen molar-refractivity contribution < 1.29 is 14.3 Å². The second kappa shape index (κ2) is 11.0. The van der Waals surface area contributed by atoms with Crippen LogP contribution < -0.4 is 10.1 Å². The molecule has 0 spiro atoms. The number of thiophene rings is 1. The summed E-state index contributed by atoms with van der Waals surface area (Å²) in [5.41, 5.74) is 1.20. The molecule has 140 valence electrons. The highest BCUT2D eigenvalue weighted by molar-refractivity contribution is 7.99. The molecule has 0 saturated heterocycles. The van der Waals surface area contributed by atoms with E-state index in [1.165, 1.54) is 24.2 Å². The summed E-state index contributed by atoms with van der Waals surface area (Å²) in [5.74, 6) is 2.71. The Bertz CT molecular complexity index is 676. The number of rotatable bonds is 9. The predicted octanol–water partition coefficient (Wildman–Crippen LogP) is 5.39. The first-order chi connectivity index (χ1) is 12.6. The zero-order valence-corrected chi connectivity index (χ0v) is 16.8. The highest BCUT2D eigenvalue weighted by Gasteiger charge is 2.19. The molecule has 1 atom stereocenters. The summed E-state index contributed by atoms with van der Waals surface area (Å²) >= 11 is 3.14. The fourth-order valence-corrected chi connectivity index (χ4v) is 4.18. The summed E-state index contributed by atoms with van der Waals surface area (Å²) in [5, 5.41) is 6.43. The van der Waals surface area contributed by atoms with Gasteiger partial charge in [-0.1, -0.05) is 25.8 Å². The first-order valence-corrected chi connectivity index (χ1v) is 10.8. The summed E-state index contributed by atoms with van der Waals surface area (Å²) in [4.78, 5) is 23.3. The van der Waals surface area contributed by atoms with Gasteiger partial charge in [-0.2, -0.15) is 11.3 Å². The van der Waals surface area contributed by atoms with Crippen LogP contribution in [0.2, 0.25) is 0 Å².